The van der Waals surface area contributed by atoms with Crippen LogP contribution in [0.4, 0.5) is 5.82 Å². The number of rotatable bonds is 5. The molecule has 1 saturated carbocycles. The van der Waals surface area contributed by atoms with E-state index in [1.165, 1.54) is 37.8 Å². The van der Waals surface area contributed by atoms with Gasteiger partial charge in [-0.25, -0.2) is 4.98 Å². The zero-order chi connectivity index (χ0) is 18.5. The van der Waals surface area contributed by atoms with Gasteiger partial charge in [-0.1, -0.05) is 32.1 Å². The van der Waals surface area contributed by atoms with Gasteiger partial charge in [-0.3, -0.25) is 4.98 Å². The smallest absolute Gasteiger partial charge is 0.129 e. The molecule has 0 spiro atoms. The summed E-state index contributed by atoms with van der Waals surface area (Å²) in [6, 6.07) is 8.58. The minimum Gasteiger partial charge on any atom is -0.354 e. The van der Waals surface area contributed by atoms with Gasteiger partial charge in [0.25, 0.3) is 0 Å². The van der Waals surface area contributed by atoms with E-state index in [-0.39, 0.29) is 0 Å². The maximum atomic E-state index is 5.98. The van der Waals surface area contributed by atoms with E-state index >= 15 is 0 Å². The summed E-state index contributed by atoms with van der Waals surface area (Å²) in [6.45, 7) is 4.53. The Hall–Kier alpha value is -1.98. The van der Waals surface area contributed by atoms with Gasteiger partial charge in [-0.05, 0) is 42.2 Å². The molecule has 5 heteroatoms. The van der Waals surface area contributed by atoms with Crippen molar-refractivity contribution in [2.24, 2.45) is 11.7 Å². The van der Waals surface area contributed by atoms with E-state index in [1.54, 1.807) is 0 Å². The molecule has 0 amide bonds. The van der Waals surface area contributed by atoms with Crippen LogP contribution < -0.4 is 16.0 Å². The highest BCUT2D eigenvalue weighted by Crippen LogP contribution is 2.28. The van der Waals surface area contributed by atoms with Crippen LogP contribution in [0.25, 0.3) is 11.3 Å². The lowest BCUT2D eigenvalue weighted by Crippen LogP contribution is -2.44. The number of aromatic nitrogens is 2. The van der Waals surface area contributed by atoms with Crippen molar-refractivity contribution >= 4 is 5.82 Å². The Bertz CT molecular complexity index is 748. The van der Waals surface area contributed by atoms with E-state index in [0.717, 1.165) is 61.2 Å². The van der Waals surface area contributed by atoms with Crippen LogP contribution in [-0.4, -0.2) is 36.1 Å². The van der Waals surface area contributed by atoms with Gasteiger partial charge in [0.05, 0.1) is 5.69 Å². The number of piperazine rings is 1. The normalized spacial score (nSPS) is 18.6. The number of anilines is 1. The zero-order valence-corrected chi connectivity index (χ0v) is 16.2. The molecule has 4 rings (SSSR count). The molecule has 3 heterocycles. The molecule has 1 aliphatic carbocycles. The molecule has 5 nitrogen and oxygen atoms in total. The number of nitrogens with one attached hydrogen (secondary N) is 1. The van der Waals surface area contributed by atoms with Gasteiger partial charge < -0.3 is 16.0 Å². The summed E-state index contributed by atoms with van der Waals surface area (Å²) in [4.78, 5) is 12.0. The Labute approximate surface area is 162 Å². The highest BCUT2D eigenvalue weighted by Gasteiger charge is 2.16. The first-order valence-electron chi connectivity index (χ1n) is 10.4. The van der Waals surface area contributed by atoms with Crippen LogP contribution in [0.5, 0.6) is 0 Å². The zero-order valence-electron chi connectivity index (χ0n) is 16.2. The molecule has 1 saturated heterocycles. The van der Waals surface area contributed by atoms with Crippen LogP contribution in [-0.2, 0) is 13.0 Å². The summed E-state index contributed by atoms with van der Waals surface area (Å²) in [5, 5.41) is 3.40. The minimum absolute atomic E-state index is 0.536. The Kier molecular flexibility index (Phi) is 6.00. The first-order valence-corrected chi connectivity index (χ1v) is 10.4. The Morgan fingerprint density at radius 3 is 2.67 bits per heavy atom. The van der Waals surface area contributed by atoms with E-state index in [9.17, 15) is 0 Å². The molecule has 0 aromatic carbocycles. The topological polar surface area (TPSA) is 67.1 Å². The van der Waals surface area contributed by atoms with Crippen LogP contribution in [0, 0.1) is 5.92 Å². The molecule has 2 fully saturated rings. The van der Waals surface area contributed by atoms with Crippen LogP contribution in [0.3, 0.4) is 0 Å². The summed E-state index contributed by atoms with van der Waals surface area (Å²) in [7, 11) is 0. The number of hydrogen-bond donors (Lipinski definition) is 2. The maximum Gasteiger partial charge on any atom is 0.129 e. The fourth-order valence-electron chi connectivity index (χ4n) is 4.33. The highest BCUT2D eigenvalue weighted by atomic mass is 15.2. The standard InChI is InChI=1S/C22H31N5/c23-16-18-13-21(26-22(14-18)27-10-8-24-9-11-27)19-6-7-25-20(15-19)12-17-4-2-1-3-5-17/h6-7,13-15,17,24H,1-5,8-12,16,23H2. The SMILES string of the molecule is NCc1cc(-c2ccnc(CC3CCCCC3)c2)nc(N2CCNCC2)c1. The third-order valence-electron chi connectivity index (χ3n) is 5.88. The molecule has 0 bridgehead atoms. The van der Waals surface area contributed by atoms with Gasteiger partial charge in [0.15, 0.2) is 0 Å². The van der Waals surface area contributed by atoms with Gasteiger partial charge in [0.2, 0.25) is 0 Å². The third-order valence-corrected chi connectivity index (χ3v) is 5.88. The Morgan fingerprint density at radius 2 is 1.89 bits per heavy atom. The molecule has 0 radical (unpaired) electrons. The first kappa shape index (κ1) is 18.4. The molecule has 2 aromatic heterocycles. The molecular weight excluding hydrogens is 334 g/mol. The fraction of sp³-hybridized carbons (Fsp3) is 0.545. The van der Waals surface area contributed by atoms with Crippen molar-refractivity contribution in [1.29, 1.82) is 0 Å². The maximum absolute atomic E-state index is 5.98. The van der Waals surface area contributed by atoms with Crippen molar-refractivity contribution in [3.05, 3.63) is 41.7 Å². The lowest BCUT2D eigenvalue weighted by molar-refractivity contribution is 0.354. The van der Waals surface area contributed by atoms with Crippen molar-refractivity contribution in [3.8, 4) is 11.3 Å². The Morgan fingerprint density at radius 1 is 1.07 bits per heavy atom. The van der Waals surface area contributed by atoms with Crippen LogP contribution >= 0.6 is 0 Å². The quantitative estimate of drug-likeness (QED) is 0.852. The molecule has 144 valence electrons. The highest BCUT2D eigenvalue weighted by molar-refractivity contribution is 5.63. The lowest BCUT2D eigenvalue weighted by Gasteiger charge is -2.29. The number of pyridine rings is 2. The van der Waals surface area contributed by atoms with E-state index < -0.39 is 0 Å². The largest absolute Gasteiger partial charge is 0.354 e. The van der Waals surface area contributed by atoms with Crippen LogP contribution in [0.1, 0.15) is 43.4 Å². The monoisotopic (exact) mass is 365 g/mol. The van der Waals surface area contributed by atoms with Gasteiger partial charge in [-0.2, -0.15) is 0 Å². The second-order valence-electron chi connectivity index (χ2n) is 7.90. The van der Waals surface area contributed by atoms with Crippen molar-refractivity contribution in [3.63, 3.8) is 0 Å². The summed E-state index contributed by atoms with van der Waals surface area (Å²) in [5.74, 6) is 1.83. The van der Waals surface area contributed by atoms with Gasteiger partial charge in [0.1, 0.15) is 5.82 Å². The van der Waals surface area contributed by atoms with E-state index in [1.807, 2.05) is 6.20 Å². The fourth-order valence-corrected chi connectivity index (χ4v) is 4.33. The van der Waals surface area contributed by atoms with Crippen molar-refractivity contribution in [2.45, 2.75) is 45.1 Å². The van der Waals surface area contributed by atoms with Crippen molar-refractivity contribution < 1.29 is 0 Å². The predicted octanol–water partition coefficient (Wildman–Crippen LogP) is 3.13. The van der Waals surface area contributed by atoms with Crippen LogP contribution in [0.2, 0.25) is 0 Å². The lowest BCUT2D eigenvalue weighted by atomic mass is 9.86. The van der Waals surface area contributed by atoms with Crippen LogP contribution in [0.15, 0.2) is 30.5 Å². The van der Waals surface area contributed by atoms with E-state index in [4.69, 9.17) is 10.7 Å². The van der Waals surface area contributed by atoms with Crippen molar-refractivity contribution in [1.82, 2.24) is 15.3 Å². The summed E-state index contributed by atoms with van der Waals surface area (Å²) in [6.07, 6.45) is 9.87. The molecule has 1 aliphatic heterocycles. The van der Waals surface area contributed by atoms with Gasteiger partial charge in [0, 0.05) is 50.2 Å². The number of nitrogens with two attached hydrogens (primary N) is 1. The average molecular weight is 366 g/mol. The van der Waals surface area contributed by atoms with E-state index in [2.05, 4.69) is 39.5 Å². The molecule has 2 aromatic rings. The van der Waals surface area contributed by atoms with E-state index in [0.29, 0.717) is 6.54 Å². The molecule has 27 heavy (non-hydrogen) atoms. The molecule has 0 atom stereocenters. The molecule has 0 unspecified atom stereocenters. The molecule has 2 aliphatic rings. The van der Waals surface area contributed by atoms with Gasteiger partial charge in [-0.15, -0.1) is 0 Å². The number of hydrogen-bond acceptors (Lipinski definition) is 5. The molecular formula is C22H31N5. The third kappa shape index (κ3) is 4.66. The average Bonchev–Trinajstić information content (AvgIpc) is 2.75. The number of nitrogens with zero attached hydrogens (tertiary/aromatic N) is 3. The minimum atomic E-state index is 0.536. The first-order chi connectivity index (χ1) is 13.3. The second kappa shape index (κ2) is 8.81. The predicted molar refractivity (Wildman–Crippen MR) is 111 cm³/mol. The summed E-state index contributed by atoms with van der Waals surface area (Å²) >= 11 is 0. The molecule has 3 N–H and O–H groups in total. The summed E-state index contributed by atoms with van der Waals surface area (Å²) in [5.41, 5.74) is 10.5. The second-order valence-corrected chi connectivity index (χ2v) is 7.90. The summed E-state index contributed by atoms with van der Waals surface area (Å²) < 4.78 is 0. The Balaban J connectivity index is 1.59. The van der Waals surface area contributed by atoms with Crippen molar-refractivity contribution in [2.75, 3.05) is 31.1 Å². The van der Waals surface area contributed by atoms with Gasteiger partial charge >= 0.3 is 0 Å².